The third-order valence-corrected chi connectivity index (χ3v) is 2.27. The van der Waals surface area contributed by atoms with Crippen LogP contribution in [0.15, 0.2) is 37.2 Å². The van der Waals surface area contributed by atoms with Crippen molar-refractivity contribution in [1.29, 1.82) is 0 Å². The zero-order valence-electron chi connectivity index (χ0n) is 8.47. The lowest BCUT2D eigenvalue weighted by Gasteiger charge is -2.23. The third kappa shape index (κ3) is 2.19. The second-order valence-electron chi connectivity index (χ2n) is 3.12. The Morgan fingerprint density at radius 2 is 2.43 bits per heavy atom. The van der Waals surface area contributed by atoms with E-state index in [9.17, 15) is 4.79 Å². The number of carbonyl (C=O) groups excluding carboxylic acids is 1. The van der Waals surface area contributed by atoms with Gasteiger partial charge in [-0.25, -0.2) is 0 Å². The molecular weight excluding hydrogens is 176 g/mol. The molecule has 0 fully saturated rings. The SMILES string of the molecule is C=CC(=O)N(C)C(C)c1cccnc1. The average Bonchev–Trinajstić information content (AvgIpc) is 2.27. The van der Waals surface area contributed by atoms with Crippen molar-refractivity contribution in [1.82, 2.24) is 9.88 Å². The number of amides is 1. The number of carbonyl (C=O) groups is 1. The molecule has 0 N–H and O–H groups in total. The predicted molar refractivity (Wildman–Crippen MR) is 55.6 cm³/mol. The van der Waals surface area contributed by atoms with E-state index in [0.29, 0.717) is 0 Å². The fourth-order valence-electron chi connectivity index (χ4n) is 1.18. The summed E-state index contributed by atoms with van der Waals surface area (Å²) in [5, 5.41) is 0. The Morgan fingerprint density at radius 3 is 2.93 bits per heavy atom. The molecule has 0 saturated carbocycles. The van der Waals surface area contributed by atoms with Crippen molar-refractivity contribution in [2.24, 2.45) is 0 Å². The van der Waals surface area contributed by atoms with Crippen LogP contribution in [0.2, 0.25) is 0 Å². The van der Waals surface area contributed by atoms with Crippen molar-refractivity contribution < 1.29 is 4.79 Å². The van der Waals surface area contributed by atoms with Crippen molar-refractivity contribution >= 4 is 5.91 Å². The largest absolute Gasteiger partial charge is 0.335 e. The van der Waals surface area contributed by atoms with Gasteiger partial charge < -0.3 is 4.90 Å². The van der Waals surface area contributed by atoms with Gasteiger partial charge in [-0.1, -0.05) is 12.6 Å². The zero-order valence-corrected chi connectivity index (χ0v) is 8.47. The summed E-state index contributed by atoms with van der Waals surface area (Å²) in [6.45, 7) is 5.41. The first-order valence-corrected chi connectivity index (χ1v) is 4.46. The van der Waals surface area contributed by atoms with Gasteiger partial charge in [-0.2, -0.15) is 0 Å². The smallest absolute Gasteiger partial charge is 0.246 e. The van der Waals surface area contributed by atoms with Crippen LogP contribution in [-0.4, -0.2) is 22.8 Å². The number of rotatable bonds is 3. The van der Waals surface area contributed by atoms with Crippen molar-refractivity contribution in [3.8, 4) is 0 Å². The minimum absolute atomic E-state index is 0.0224. The molecule has 1 rings (SSSR count). The van der Waals surface area contributed by atoms with E-state index in [1.807, 2.05) is 19.1 Å². The van der Waals surface area contributed by atoms with Gasteiger partial charge in [-0.15, -0.1) is 0 Å². The molecule has 1 aromatic rings. The van der Waals surface area contributed by atoms with E-state index >= 15 is 0 Å². The van der Waals surface area contributed by atoms with Gasteiger partial charge in [-0.05, 0) is 24.6 Å². The monoisotopic (exact) mass is 190 g/mol. The fraction of sp³-hybridized carbons (Fsp3) is 0.273. The Balaban J connectivity index is 2.80. The van der Waals surface area contributed by atoms with Gasteiger partial charge in [0.2, 0.25) is 5.91 Å². The van der Waals surface area contributed by atoms with Crippen LogP contribution in [0.25, 0.3) is 0 Å². The number of likely N-dealkylation sites (N-methyl/N-ethyl adjacent to an activating group) is 1. The van der Waals surface area contributed by atoms with Crippen molar-refractivity contribution in [2.45, 2.75) is 13.0 Å². The number of nitrogens with zero attached hydrogens (tertiary/aromatic N) is 2. The van der Waals surface area contributed by atoms with E-state index in [2.05, 4.69) is 11.6 Å². The number of hydrogen-bond donors (Lipinski definition) is 0. The minimum atomic E-state index is -0.0821. The summed E-state index contributed by atoms with van der Waals surface area (Å²) in [7, 11) is 1.75. The molecular formula is C11H14N2O. The minimum Gasteiger partial charge on any atom is -0.335 e. The summed E-state index contributed by atoms with van der Waals surface area (Å²) in [5.74, 6) is -0.0821. The summed E-state index contributed by atoms with van der Waals surface area (Å²) in [5.41, 5.74) is 1.02. The molecule has 0 aliphatic carbocycles. The molecule has 1 amide bonds. The van der Waals surface area contributed by atoms with Gasteiger partial charge in [0.05, 0.1) is 6.04 Å². The highest BCUT2D eigenvalue weighted by atomic mass is 16.2. The highest BCUT2D eigenvalue weighted by Gasteiger charge is 2.14. The van der Waals surface area contributed by atoms with E-state index in [1.54, 1.807) is 24.3 Å². The molecule has 1 heterocycles. The molecule has 0 aliphatic heterocycles. The second-order valence-corrected chi connectivity index (χ2v) is 3.12. The van der Waals surface area contributed by atoms with E-state index in [1.165, 1.54) is 6.08 Å². The van der Waals surface area contributed by atoms with Crippen LogP contribution in [0.1, 0.15) is 18.5 Å². The molecule has 0 bridgehead atoms. The fourth-order valence-corrected chi connectivity index (χ4v) is 1.18. The molecule has 1 unspecified atom stereocenters. The first-order valence-electron chi connectivity index (χ1n) is 4.46. The van der Waals surface area contributed by atoms with Crippen LogP contribution in [0.4, 0.5) is 0 Å². The van der Waals surface area contributed by atoms with Gasteiger partial charge in [0.25, 0.3) is 0 Å². The van der Waals surface area contributed by atoms with Crippen LogP contribution >= 0.6 is 0 Å². The van der Waals surface area contributed by atoms with Gasteiger partial charge in [0.15, 0.2) is 0 Å². The summed E-state index contributed by atoms with van der Waals surface area (Å²) < 4.78 is 0. The van der Waals surface area contributed by atoms with Crippen LogP contribution in [0.3, 0.4) is 0 Å². The first-order chi connectivity index (χ1) is 6.66. The Bertz CT molecular complexity index is 321. The topological polar surface area (TPSA) is 33.2 Å². The molecule has 1 atom stereocenters. The third-order valence-electron chi connectivity index (χ3n) is 2.27. The standard InChI is InChI=1S/C11H14N2O/c1-4-11(14)13(3)9(2)10-6-5-7-12-8-10/h4-9H,1H2,2-3H3. The Labute approximate surface area is 84.1 Å². The maximum absolute atomic E-state index is 11.3. The van der Waals surface area contributed by atoms with E-state index in [-0.39, 0.29) is 11.9 Å². The van der Waals surface area contributed by atoms with Crippen molar-refractivity contribution in [2.75, 3.05) is 7.05 Å². The Kier molecular flexibility index (Phi) is 3.40. The summed E-state index contributed by atoms with van der Waals surface area (Å²) in [6.07, 6.45) is 4.79. The number of aromatic nitrogens is 1. The molecule has 3 heteroatoms. The van der Waals surface area contributed by atoms with Gasteiger partial charge in [0.1, 0.15) is 0 Å². The lowest BCUT2D eigenvalue weighted by atomic mass is 10.1. The van der Waals surface area contributed by atoms with Gasteiger partial charge >= 0.3 is 0 Å². The average molecular weight is 190 g/mol. The second kappa shape index (κ2) is 4.56. The number of hydrogen-bond acceptors (Lipinski definition) is 2. The van der Waals surface area contributed by atoms with E-state index in [0.717, 1.165) is 5.56 Å². The maximum atomic E-state index is 11.3. The van der Waals surface area contributed by atoms with Crippen LogP contribution in [0, 0.1) is 0 Å². The quantitative estimate of drug-likeness (QED) is 0.681. The highest BCUT2D eigenvalue weighted by molar-refractivity contribution is 5.87. The van der Waals surface area contributed by atoms with Crippen LogP contribution in [0.5, 0.6) is 0 Å². The Hall–Kier alpha value is -1.64. The highest BCUT2D eigenvalue weighted by Crippen LogP contribution is 2.17. The molecule has 0 radical (unpaired) electrons. The summed E-state index contributed by atoms with van der Waals surface area (Å²) in [6, 6.07) is 3.83. The molecule has 0 aliphatic rings. The molecule has 3 nitrogen and oxygen atoms in total. The molecule has 0 aromatic carbocycles. The predicted octanol–water partition coefficient (Wildman–Crippen LogP) is 1.79. The van der Waals surface area contributed by atoms with Crippen LogP contribution in [-0.2, 0) is 4.79 Å². The zero-order chi connectivity index (χ0) is 10.6. The van der Waals surface area contributed by atoms with E-state index < -0.39 is 0 Å². The number of pyridine rings is 1. The first kappa shape index (κ1) is 10.4. The normalized spacial score (nSPS) is 11.9. The molecule has 1 aromatic heterocycles. The van der Waals surface area contributed by atoms with Crippen molar-refractivity contribution in [3.05, 3.63) is 42.7 Å². The van der Waals surface area contributed by atoms with Crippen LogP contribution < -0.4 is 0 Å². The lowest BCUT2D eigenvalue weighted by Crippen LogP contribution is -2.27. The Morgan fingerprint density at radius 1 is 1.71 bits per heavy atom. The molecule has 14 heavy (non-hydrogen) atoms. The van der Waals surface area contributed by atoms with E-state index in [4.69, 9.17) is 0 Å². The van der Waals surface area contributed by atoms with Crippen molar-refractivity contribution in [3.63, 3.8) is 0 Å². The molecule has 0 spiro atoms. The van der Waals surface area contributed by atoms with Gasteiger partial charge in [-0.3, -0.25) is 9.78 Å². The summed E-state index contributed by atoms with van der Waals surface area (Å²) >= 11 is 0. The van der Waals surface area contributed by atoms with Gasteiger partial charge in [0, 0.05) is 19.4 Å². The lowest BCUT2D eigenvalue weighted by molar-refractivity contribution is -0.126. The summed E-state index contributed by atoms with van der Waals surface area (Å²) in [4.78, 5) is 17.0. The maximum Gasteiger partial charge on any atom is 0.246 e. The molecule has 74 valence electrons. The molecule has 0 saturated heterocycles.